The lowest BCUT2D eigenvalue weighted by molar-refractivity contribution is 0.0696. The van der Waals surface area contributed by atoms with Gasteiger partial charge in [0.05, 0.1) is 24.6 Å². The Morgan fingerprint density at radius 2 is 1.73 bits per heavy atom. The molecule has 1 heterocycles. The predicted molar refractivity (Wildman–Crippen MR) is 146 cm³/mol. The van der Waals surface area contributed by atoms with Crippen LogP contribution in [-0.2, 0) is 10.0 Å². The van der Waals surface area contributed by atoms with E-state index in [1.807, 2.05) is 0 Å². The van der Waals surface area contributed by atoms with Crippen molar-refractivity contribution in [2.75, 3.05) is 11.8 Å². The maximum absolute atomic E-state index is 12.9. The number of nitrogens with one attached hydrogen (secondary N) is 1. The molecule has 0 amide bonds. The average Bonchev–Trinajstić information content (AvgIpc) is 3.22. The molecule has 37 heavy (non-hydrogen) atoms. The summed E-state index contributed by atoms with van der Waals surface area (Å²) in [6.45, 7) is 0. The Bertz CT molecular complexity index is 1240. The number of carboxylic acid groups (broad SMARTS) is 1. The van der Waals surface area contributed by atoms with Crippen molar-refractivity contribution >= 4 is 33.0 Å². The molecule has 2 fully saturated rings. The van der Waals surface area contributed by atoms with E-state index in [-0.39, 0.29) is 21.2 Å². The van der Waals surface area contributed by atoms with Crippen molar-refractivity contribution in [3.63, 3.8) is 0 Å². The van der Waals surface area contributed by atoms with Crippen molar-refractivity contribution in [2.24, 2.45) is 17.8 Å². The van der Waals surface area contributed by atoms with Gasteiger partial charge in [0, 0.05) is 5.92 Å². The molecule has 2 aromatic rings. The Balaban J connectivity index is 1.38. The third-order valence-corrected chi connectivity index (χ3v) is 10.4. The lowest BCUT2D eigenvalue weighted by Gasteiger charge is -2.28. The van der Waals surface area contributed by atoms with Gasteiger partial charge in [-0.3, -0.25) is 4.72 Å². The summed E-state index contributed by atoms with van der Waals surface area (Å²) in [5.74, 6) is 7.55. The molecule has 0 spiro atoms. The molecular weight excluding hydrogens is 508 g/mol. The first kappa shape index (κ1) is 27.5. The maximum atomic E-state index is 12.9. The van der Waals surface area contributed by atoms with Crippen LogP contribution in [0.3, 0.4) is 0 Å². The fourth-order valence-corrected chi connectivity index (χ4v) is 7.68. The lowest BCUT2D eigenvalue weighted by Crippen LogP contribution is -2.16. The van der Waals surface area contributed by atoms with E-state index in [1.165, 1.54) is 95.7 Å². The van der Waals surface area contributed by atoms with Gasteiger partial charge in [0.2, 0.25) is 0 Å². The van der Waals surface area contributed by atoms with Crippen LogP contribution in [0.4, 0.5) is 5.69 Å². The number of benzene rings is 1. The summed E-state index contributed by atoms with van der Waals surface area (Å²) < 4.78 is 33.5. The minimum absolute atomic E-state index is 0.00433. The molecule has 9 heteroatoms. The summed E-state index contributed by atoms with van der Waals surface area (Å²) in [7, 11) is -2.57. The molecule has 0 saturated heterocycles. The Morgan fingerprint density at radius 1 is 1.03 bits per heavy atom. The highest BCUT2D eigenvalue weighted by atomic mass is 32.2. The summed E-state index contributed by atoms with van der Waals surface area (Å²) in [5.41, 5.74) is 0.163. The van der Waals surface area contributed by atoms with Gasteiger partial charge in [-0.25, -0.2) is 18.2 Å². The predicted octanol–water partition coefficient (Wildman–Crippen LogP) is 6.56. The van der Waals surface area contributed by atoms with Crippen LogP contribution >= 0.6 is 11.3 Å². The zero-order valence-electron chi connectivity index (χ0n) is 21.4. The zero-order valence-corrected chi connectivity index (χ0v) is 23.0. The lowest BCUT2D eigenvalue weighted by atomic mass is 9.78. The monoisotopic (exact) mass is 544 g/mol. The summed E-state index contributed by atoms with van der Waals surface area (Å²) in [4.78, 5) is 15.4. The highest BCUT2D eigenvalue weighted by Crippen LogP contribution is 2.37. The molecule has 1 aromatic carbocycles. The van der Waals surface area contributed by atoms with Gasteiger partial charge in [0.1, 0.15) is 5.75 Å². The topological polar surface area (TPSA) is 106 Å². The van der Waals surface area contributed by atoms with E-state index in [4.69, 9.17) is 9.84 Å². The van der Waals surface area contributed by atoms with E-state index in [9.17, 15) is 13.2 Å². The van der Waals surface area contributed by atoms with Crippen molar-refractivity contribution in [3.8, 4) is 17.6 Å². The van der Waals surface area contributed by atoms with Crippen LogP contribution in [0.2, 0.25) is 0 Å². The Hall–Kier alpha value is -2.57. The molecule has 2 saturated carbocycles. The smallest absolute Gasteiger partial charge is 0.335 e. The fraction of sp³-hybridized carbons (Fsp3) is 0.571. The average molecular weight is 545 g/mol. The number of aromatic carboxylic acids is 1. The molecule has 4 rings (SSSR count). The van der Waals surface area contributed by atoms with Crippen LogP contribution in [-0.4, -0.2) is 31.6 Å². The SMILES string of the molecule is COc1cc(C(=O)O)ccc1NS(=O)(=O)c1cnc(C#CC2CCCC(C3CCCCCCC3)CC2)s1. The number of thiazole rings is 1. The number of aromatic nitrogens is 1. The third-order valence-electron chi connectivity index (χ3n) is 7.66. The van der Waals surface area contributed by atoms with Gasteiger partial charge in [0.25, 0.3) is 10.0 Å². The zero-order chi connectivity index (χ0) is 26.3. The number of methoxy groups -OCH3 is 1. The molecule has 0 aliphatic heterocycles. The molecule has 0 bridgehead atoms. The molecule has 1 aromatic heterocycles. The van der Waals surface area contributed by atoms with Crippen LogP contribution in [0.1, 0.15) is 92.4 Å². The van der Waals surface area contributed by atoms with Crippen LogP contribution in [0.15, 0.2) is 28.6 Å². The first-order chi connectivity index (χ1) is 17.9. The number of hydrogen-bond acceptors (Lipinski definition) is 6. The number of ether oxygens (including phenoxy) is 1. The molecule has 2 aliphatic rings. The van der Waals surface area contributed by atoms with E-state index >= 15 is 0 Å². The normalized spacial score (nSPS) is 21.5. The number of carboxylic acids is 1. The van der Waals surface area contributed by atoms with Gasteiger partial charge < -0.3 is 9.84 Å². The highest BCUT2D eigenvalue weighted by Gasteiger charge is 2.25. The number of hydrogen-bond donors (Lipinski definition) is 2. The summed E-state index contributed by atoms with van der Waals surface area (Å²) in [6.07, 6.45) is 17.0. The van der Waals surface area contributed by atoms with Crippen molar-refractivity contribution in [3.05, 3.63) is 35.0 Å². The second kappa shape index (κ2) is 12.8. The largest absolute Gasteiger partial charge is 0.495 e. The summed E-state index contributed by atoms with van der Waals surface area (Å²) in [5, 5.41) is 9.63. The van der Waals surface area contributed by atoms with Gasteiger partial charge in [-0.1, -0.05) is 75.0 Å². The third kappa shape index (κ3) is 7.48. The summed E-state index contributed by atoms with van der Waals surface area (Å²) >= 11 is 1.03. The van der Waals surface area contributed by atoms with Gasteiger partial charge in [0.15, 0.2) is 9.22 Å². The molecule has 200 valence electrons. The van der Waals surface area contributed by atoms with Gasteiger partial charge in [-0.15, -0.1) is 0 Å². The van der Waals surface area contributed by atoms with Crippen LogP contribution in [0.25, 0.3) is 0 Å². The van der Waals surface area contributed by atoms with E-state index in [0.29, 0.717) is 10.9 Å². The number of sulfonamides is 1. The minimum Gasteiger partial charge on any atom is -0.495 e. The number of carbonyl (C=O) groups is 1. The number of rotatable bonds is 6. The van der Waals surface area contributed by atoms with Crippen LogP contribution in [0, 0.1) is 29.6 Å². The van der Waals surface area contributed by atoms with Gasteiger partial charge >= 0.3 is 5.97 Å². The van der Waals surface area contributed by atoms with Crippen LogP contribution < -0.4 is 9.46 Å². The maximum Gasteiger partial charge on any atom is 0.335 e. The van der Waals surface area contributed by atoms with Crippen molar-refractivity contribution in [1.29, 1.82) is 0 Å². The number of nitrogens with zero attached hydrogens (tertiary/aromatic N) is 1. The highest BCUT2D eigenvalue weighted by molar-refractivity contribution is 7.94. The summed E-state index contributed by atoms with van der Waals surface area (Å²) in [6, 6.07) is 3.97. The quantitative estimate of drug-likeness (QED) is 0.315. The minimum atomic E-state index is -3.92. The molecule has 2 atom stereocenters. The first-order valence-electron chi connectivity index (χ1n) is 13.3. The molecule has 0 radical (unpaired) electrons. The fourth-order valence-electron chi connectivity index (χ4n) is 5.61. The van der Waals surface area contributed by atoms with Crippen molar-refractivity contribution in [2.45, 2.75) is 81.3 Å². The Morgan fingerprint density at radius 3 is 2.46 bits per heavy atom. The second-order valence-electron chi connectivity index (χ2n) is 10.1. The van der Waals surface area contributed by atoms with Crippen molar-refractivity contribution in [1.82, 2.24) is 4.98 Å². The Kier molecular flexibility index (Phi) is 9.49. The van der Waals surface area contributed by atoms with Crippen LogP contribution in [0.5, 0.6) is 5.75 Å². The standard InChI is InChI=1S/C28H36N2O5S2/c1-35-25-18-23(28(31)32)15-16-24(25)30-37(33,34)27-19-29-26(36-27)17-13-20-8-7-11-22(14-12-20)21-9-5-3-2-4-6-10-21/h15-16,18-22,30H,2-12,14H2,1H3,(H,31,32). The van der Waals surface area contributed by atoms with E-state index in [0.717, 1.165) is 36.0 Å². The molecule has 2 unspecified atom stereocenters. The molecule has 2 aliphatic carbocycles. The Labute approximate surface area is 224 Å². The molecule has 2 N–H and O–H groups in total. The van der Waals surface area contributed by atoms with E-state index < -0.39 is 16.0 Å². The first-order valence-corrected chi connectivity index (χ1v) is 15.6. The number of anilines is 1. The van der Waals surface area contributed by atoms with Gasteiger partial charge in [-0.2, -0.15) is 0 Å². The molecule has 7 nitrogen and oxygen atoms in total. The van der Waals surface area contributed by atoms with Gasteiger partial charge in [-0.05, 0) is 55.2 Å². The van der Waals surface area contributed by atoms with E-state index in [1.54, 1.807) is 0 Å². The molecular formula is C28H36N2O5S2. The van der Waals surface area contributed by atoms with E-state index in [2.05, 4.69) is 21.5 Å². The van der Waals surface area contributed by atoms with Crippen molar-refractivity contribution < 1.29 is 23.1 Å². The second-order valence-corrected chi connectivity index (χ2v) is 13.1.